The maximum absolute atomic E-state index is 8.60. The van der Waals surface area contributed by atoms with Gasteiger partial charge in [0.1, 0.15) is 0 Å². The van der Waals surface area contributed by atoms with Gasteiger partial charge in [0.15, 0.2) is 0 Å². The molecule has 0 atom stereocenters. The third-order valence-electron chi connectivity index (χ3n) is 2.73. The molecule has 2 aromatic carbocycles. The number of hydrogen-bond donors (Lipinski definition) is 0. The van der Waals surface area contributed by atoms with Crippen molar-refractivity contribution < 1.29 is 0 Å². The SMILES string of the molecule is C/C(=C/C#N)c1ccc(-c2ccccc2)cc1. The molecule has 82 valence electrons. The second-order valence-electron chi connectivity index (χ2n) is 3.90. The molecule has 0 amide bonds. The van der Waals surface area contributed by atoms with Gasteiger partial charge in [-0.15, -0.1) is 0 Å². The quantitative estimate of drug-likeness (QED) is 0.691. The Balaban J connectivity index is 2.32. The zero-order valence-electron chi connectivity index (χ0n) is 9.72. The van der Waals surface area contributed by atoms with Crippen molar-refractivity contribution in [2.24, 2.45) is 0 Å². The van der Waals surface area contributed by atoms with E-state index in [1.54, 1.807) is 6.08 Å². The molecule has 0 heterocycles. The molecule has 0 unspecified atom stereocenters. The van der Waals surface area contributed by atoms with Crippen LogP contribution in [-0.2, 0) is 0 Å². The Labute approximate surface area is 102 Å². The first kappa shape index (κ1) is 11.2. The van der Waals surface area contributed by atoms with Gasteiger partial charge in [-0.2, -0.15) is 5.26 Å². The Bertz CT molecular complexity index is 557. The van der Waals surface area contributed by atoms with Crippen LogP contribution in [0.2, 0.25) is 0 Å². The first-order valence-corrected chi connectivity index (χ1v) is 5.53. The smallest absolute Gasteiger partial charge is 0.0915 e. The summed E-state index contributed by atoms with van der Waals surface area (Å²) in [4.78, 5) is 0. The van der Waals surface area contributed by atoms with E-state index in [2.05, 4.69) is 30.3 Å². The first-order valence-electron chi connectivity index (χ1n) is 5.53. The first-order chi connectivity index (χ1) is 8.31. The molecule has 17 heavy (non-hydrogen) atoms. The van der Waals surface area contributed by atoms with Crippen molar-refractivity contribution in [1.82, 2.24) is 0 Å². The van der Waals surface area contributed by atoms with E-state index in [9.17, 15) is 0 Å². The van der Waals surface area contributed by atoms with Gasteiger partial charge in [0, 0.05) is 6.08 Å². The van der Waals surface area contributed by atoms with Crippen molar-refractivity contribution in [1.29, 1.82) is 5.26 Å². The van der Waals surface area contributed by atoms with Gasteiger partial charge < -0.3 is 0 Å². The standard InChI is InChI=1S/C16H13N/c1-13(11-12-17)14-7-9-16(10-8-14)15-5-3-2-4-6-15/h2-11H,1H3/b13-11-. The summed E-state index contributed by atoms with van der Waals surface area (Å²) >= 11 is 0. The van der Waals surface area contributed by atoms with E-state index in [1.807, 2.05) is 37.3 Å². The molecule has 0 aliphatic carbocycles. The van der Waals surface area contributed by atoms with Crippen LogP contribution >= 0.6 is 0 Å². The van der Waals surface area contributed by atoms with Crippen LogP contribution in [0.4, 0.5) is 0 Å². The molecule has 0 fully saturated rings. The predicted molar refractivity (Wildman–Crippen MR) is 71.1 cm³/mol. The number of benzene rings is 2. The van der Waals surface area contributed by atoms with E-state index in [0.29, 0.717) is 0 Å². The predicted octanol–water partition coefficient (Wildman–Crippen LogP) is 4.28. The van der Waals surface area contributed by atoms with Gasteiger partial charge in [-0.25, -0.2) is 0 Å². The highest BCUT2D eigenvalue weighted by Gasteiger charge is 1.98. The fraction of sp³-hybridized carbons (Fsp3) is 0.0625. The van der Waals surface area contributed by atoms with Gasteiger partial charge >= 0.3 is 0 Å². The summed E-state index contributed by atoms with van der Waals surface area (Å²) in [7, 11) is 0. The molecule has 0 N–H and O–H groups in total. The molecule has 1 heteroatoms. The van der Waals surface area contributed by atoms with E-state index in [-0.39, 0.29) is 0 Å². The third-order valence-corrected chi connectivity index (χ3v) is 2.73. The molecule has 0 spiro atoms. The topological polar surface area (TPSA) is 23.8 Å². The van der Waals surface area contributed by atoms with Crippen LogP contribution in [-0.4, -0.2) is 0 Å². The lowest BCUT2D eigenvalue weighted by Crippen LogP contribution is -1.81. The minimum absolute atomic E-state index is 0.993. The number of hydrogen-bond acceptors (Lipinski definition) is 1. The summed E-state index contributed by atoms with van der Waals surface area (Å²) in [5.41, 5.74) is 4.48. The van der Waals surface area contributed by atoms with E-state index in [0.717, 1.165) is 11.1 Å². The zero-order valence-corrected chi connectivity index (χ0v) is 9.72. The lowest BCUT2D eigenvalue weighted by molar-refractivity contribution is 1.51. The lowest BCUT2D eigenvalue weighted by Gasteiger charge is -2.04. The normalized spacial score (nSPS) is 10.9. The van der Waals surface area contributed by atoms with Crippen LogP contribution in [0.3, 0.4) is 0 Å². The van der Waals surface area contributed by atoms with E-state index >= 15 is 0 Å². The van der Waals surface area contributed by atoms with Crippen LogP contribution < -0.4 is 0 Å². The lowest BCUT2D eigenvalue weighted by atomic mass is 10.0. The average molecular weight is 219 g/mol. The van der Waals surface area contributed by atoms with Crippen molar-refractivity contribution in [2.75, 3.05) is 0 Å². The second-order valence-corrected chi connectivity index (χ2v) is 3.90. The molecular weight excluding hydrogens is 206 g/mol. The van der Waals surface area contributed by atoms with Gasteiger partial charge in [0.2, 0.25) is 0 Å². The monoisotopic (exact) mass is 219 g/mol. The van der Waals surface area contributed by atoms with Crippen LogP contribution in [0, 0.1) is 11.3 Å². The minimum Gasteiger partial charge on any atom is -0.193 e. The maximum Gasteiger partial charge on any atom is 0.0915 e. The highest BCUT2D eigenvalue weighted by atomic mass is 14.2. The van der Waals surface area contributed by atoms with Gasteiger partial charge in [-0.1, -0.05) is 54.6 Å². The van der Waals surface area contributed by atoms with Crippen molar-refractivity contribution in [3.63, 3.8) is 0 Å². The van der Waals surface area contributed by atoms with E-state index in [1.165, 1.54) is 11.1 Å². The molecule has 2 rings (SSSR count). The third kappa shape index (κ3) is 2.62. The number of nitrogens with zero attached hydrogens (tertiary/aromatic N) is 1. The molecule has 0 aliphatic heterocycles. The molecule has 1 nitrogen and oxygen atoms in total. The van der Waals surface area contributed by atoms with Crippen LogP contribution in [0.1, 0.15) is 12.5 Å². The van der Waals surface area contributed by atoms with Crippen LogP contribution in [0.5, 0.6) is 0 Å². The van der Waals surface area contributed by atoms with Gasteiger partial charge in [-0.3, -0.25) is 0 Å². The van der Waals surface area contributed by atoms with E-state index in [4.69, 9.17) is 5.26 Å². The fourth-order valence-electron chi connectivity index (χ4n) is 1.74. The Morgan fingerprint density at radius 3 is 2.12 bits per heavy atom. The number of rotatable bonds is 2. The Morgan fingerprint density at radius 2 is 1.53 bits per heavy atom. The fourth-order valence-corrected chi connectivity index (χ4v) is 1.74. The molecule has 0 saturated carbocycles. The minimum atomic E-state index is 0.993. The van der Waals surface area contributed by atoms with Crippen molar-refractivity contribution in [3.05, 3.63) is 66.2 Å². The summed E-state index contributed by atoms with van der Waals surface area (Å²) in [6.07, 6.45) is 1.57. The molecular formula is C16H13N. The van der Waals surface area contributed by atoms with E-state index < -0.39 is 0 Å². The summed E-state index contributed by atoms with van der Waals surface area (Å²) in [5.74, 6) is 0. The highest BCUT2D eigenvalue weighted by Crippen LogP contribution is 2.21. The molecule has 0 aromatic heterocycles. The Kier molecular flexibility index (Phi) is 3.37. The van der Waals surface area contributed by atoms with Gasteiger partial charge in [0.05, 0.1) is 6.07 Å². The number of allylic oxidation sites excluding steroid dienone is 2. The van der Waals surface area contributed by atoms with Crippen molar-refractivity contribution in [2.45, 2.75) is 6.92 Å². The summed E-state index contributed by atoms with van der Waals surface area (Å²) in [6, 6.07) is 20.6. The largest absolute Gasteiger partial charge is 0.193 e. The molecule has 2 aromatic rings. The molecule has 0 saturated heterocycles. The second kappa shape index (κ2) is 5.14. The van der Waals surface area contributed by atoms with Crippen LogP contribution in [0.15, 0.2) is 60.7 Å². The van der Waals surface area contributed by atoms with Gasteiger partial charge in [-0.05, 0) is 29.2 Å². The Hall–Kier alpha value is -2.33. The van der Waals surface area contributed by atoms with Crippen molar-refractivity contribution >= 4 is 5.57 Å². The maximum atomic E-state index is 8.60. The summed E-state index contributed by atoms with van der Waals surface area (Å²) in [5, 5.41) is 8.60. The average Bonchev–Trinajstić information content (AvgIpc) is 2.40. The zero-order chi connectivity index (χ0) is 12.1. The van der Waals surface area contributed by atoms with Gasteiger partial charge in [0.25, 0.3) is 0 Å². The van der Waals surface area contributed by atoms with Crippen LogP contribution in [0.25, 0.3) is 16.7 Å². The summed E-state index contributed by atoms with van der Waals surface area (Å²) in [6.45, 7) is 1.95. The molecule has 0 aliphatic rings. The Morgan fingerprint density at radius 1 is 0.941 bits per heavy atom. The summed E-state index contributed by atoms with van der Waals surface area (Å²) < 4.78 is 0. The molecule has 0 radical (unpaired) electrons. The highest BCUT2D eigenvalue weighted by molar-refractivity contribution is 5.70. The molecule has 0 bridgehead atoms. The number of nitriles is 1. The van der Waals surface area contributed by atoms with Crippen molar-refractivity contribution in [3.8, 4) is 17.2 Å².